The highest BCUT2D eigenvalue weighted by molar-refractivity contribution is 5.59. The van der Waals surface area contributed by atoms with Crippen LogP contribution in [0, 0.1) is 21.4 Å². The normalized spacial score (nSPS) is 11.6. The third-order valence-corrected chi connectivity index (χ3v) is 2.07. The first-order valence-corrected chi connectivity index (χ1v) is 4.79. The maximum atomic E-state index is 10.7. The number of rotatable bonds is 5. The summed E-state index contributed by atoms with van der Waals surface area (Å²) in [5, 5.41) is 39.7. The lowest BCUT2D eigenvalue weighted by molar-refractivity contribution is -0.385. The Morgan fingerprint density at radius 1 is 1.59 bits per heavy atom. The number of nitro groups is 1. The van der Waals surface area contributed by atoms with Crippen LogP contribution < -0.4 is 5.32 Å². The minimum absolute atomic E-state index is 0.0248. The quantitative estimate of drug-likeness (QED) is 0.498. The van der Waals surface area contributed by atoms with Crippen molar-refractivity contribution in [1.29, 1.82) is 5.26 Å². The molecule has 0 saturated carbocycles. The van der Waals surface area contributed by atoms with Crippen LogP contribution in [0.3, 0.4) is 0 Å². The first kappa shape index (κ1) is 12.9. The van der Waals surface area contributed by atoms with Gasteiger partial charge in [0.2, 0.25) is 0 Å². The second-order valence-electron chi connectivity index (χ2n) is 3.32. The Labute approximate surface area is 97.1 Å². The molecule has 0 radical (unpaired) electrons. The largest absolute Gasteiger partial charge is 0.394 e. The highest BCUT2D eigenvalue weighted by atomic mass is 16.6. The Morgan fingerprint density at radius 2 is 2.29 bits per heavy atom. The number of hydrogen-bond acceptors (Lipinski definition) is 6. The van der Waals surface area contributed by atoms with E-state index in [0.29, 0.717) is 5.69 Å². The van der Waals surface area contributed by atoms with E-state index in [0.717, 1.165) is 0 Å². The van der Waals surface area contributed by atoms with Gasteiger partial charge in [0, 0.05) is 18.3 Å². The average molecular weight is 237 g/mol. The molecule has 3 N–H and O–H groups in total. The van der Waals surface area contributed by atoms with E-state index in [4.69, 9.17) is 15.5 Å². The second-order valence-corrected chi connectivity index (χ2v) is 3.32. The highest BCUT2D eigenvalue weighted by Gasteiger charge is 2.14. The number of hydrogen-bond donors (Lipinski definition) is 3. The number of nitrogens with zero attached hydrogens (tertiary/aromatic N) is 2. The molecule has 1 unspecified atom stereocenters. The topological polar surface area (TPSA) is 119 Å². The van der Waals surface area contributed by atoms with Gasteiger partial charge in [0.25, 0.3) is 5.69 Å². The van der Waals surface area contributed by atoms with Crippen LogP contribution in [0.25, 0.3) is 0 Å². The van der Waals surface area contributed by atoms with Crippen molar-refractivity contribution in [2.75, 3.05) is 18.5 Å². The molecule has 0 aliphatic carbocycles. The van der Waals surface area contributed by atoms with Crippen molar-refractivity contribution in [2.24, 2.45) is 0 Å². The third-order valence-electron chi connectivity index (χ3n) is 2.07. The minimum Gasteiger partial charge on any atom is -0.394 e. The Morgan fingerprint density at radius 3 is 2.82 bits per heavy atom. The standard InChI is InChI=1S/C10H11N3O4/c11-4-7-1-2-8(3-10(7)13(16)17)12-5-9(15)6-14/h1-3,9,12,14-15H,5-6H2. The van der Waals surface area contributed by atoms with Crippen LogP contribution in [-0.2, 0) is 0 Å². The van der Waals surface area contributed by atoms with Crippen LogP contribution in [0.1, 0.15) is 5.56 Å². The summed E-state index contributed by atoms with van der Waals surface area (Å²) in [6, 6.07) is 5.75. The lowest BCUT2D eigenvalue weighted by Crippen LogP contribution is -2.22. The summed E-state index contributed by atoms with van der Waals surface area (Å²) >= 11 is 0. The van der Waals surface area contributed by atoms with Gasteiger partial charge in [-0.3, -0.25) is 10.1 Å². The van der Waals surface area contributed by atoms with Crippen molar-refractivity contribution in [3.8, 4) is 6.07 Å². The van der Waals surface area contributed by atoms with Gasteiger partial charge in [-0.05, 0) is 12.1 Å². The van der Waals surface area contributed by atoms with Gasteiger partial charge in [0.05, 0.1) is 17.6 Å². The van der Waals surface area contributed by atoms with E-state index in [1.165, 1.54) is 18.2 Å². The Hall–Kier alpha value is -2.17. The zero-order valence-corrected chi connectivity index (χ0v) is 8.83. The molecule has 1 aromatic rings. The molecule has 1 atom stereocenters. The molecule has 1 rings (SSSR count). The van der Waals surface area contributed by atoms with Gasteiger partial charge in [-0.2, -0.15) is 5.26 Å². The number of nitro benzene ring substituents is 1. The summed E-state index contributed by atoms with van der Waals surface area (Å²) in [4.78, 5) is 10.0. The van der Waals surface area contributed by atoms with Gasteiger partial charge < -0.3 is 15.5 Å². The predicted octanol–water partition coefficient (Wildman–Crippen LogP) is 0.232. The molecule has 0 bridgehead atoms. The molecule has 7 heteroatoms. The van der Waals surface area contributed by atoms with Gasteiger partial charge in [0.15, 0.2) is 0 Å². The fraction of sp³-hybridized carbons (Fsp3) is 0.300. The zero-order valence-electron chi connectivity index (χ0n) is 8.83. The van der Waals surface area contributed by atoms with Crippen LogP contribution >= 0.6 is 0 Å². The summed E-state index contributed by atoms with van der Waals surface area (Å²) < 4.78 is 0. The van der Waals surface area contributed by atoms with E-state index >= 15 is 0 Å². The molecule has 0 spiro atoms. The van der Waals surface area contributed by atoms with Crippen molar-refractivity contribution in [1.82, 2.24) is 0 Å². The Kier molecular flexibility index (Phi) is 4.39. The molecular weight excluding hydrogens is 226 g/mol. The summed E-state index contributed by atoms with van der Waals surface area (Å²) in [6.45, 7) is -0.328. The Balaban J connectivity index is 2.86. The molecule has 0 heterocycles. The smallest absolute Gasteiger partial charge is 0.289 e. The number of aliphatic hydroxyl groups excluding tert-OH is 2. The molecule has 1 aromatic carbocycles. The Bertz CT molecular complexity index is 455. The number of aliphatic hydroxyl groups is 2. The van der Waals surface area contributed by atoms with E-state index in [1.807, 2.05) is 0 Å². The molecule has 0 aliphatic heterocycles. The van der Waals surface area contributed by atoms with Crippen LogP contribution in [0.2, 0.25) is 0 Å². The minimum atomic E-state index is -0.940. The van der Waals surface area contributed by atoms with Crippen LogP contribution in [0.15, 0.2) is 18.2 Å². The van der Waals surface area contributed by atoms with Crippen molar-refractivity contribution in [2.45, 2.75) is 6.10 Å². The van der Waals surface area contributed by atoms with E-state index < -0.39 is 17.6 Å². The SMILES string of the molecule is N#Cc1ccc(NCC(O)CO)cc1[N+](=O)[O-]. The fourth-order valence-electron chi connectivity index (χ4n) is 1.19. The van der Waals surface area contributed by atoms with Crippen molar-refractivity contribution < 1.29 is 15.1 Å². The molecule has 0 aromatic heterocycles. The maximum absolute atomic E-state index is 10.7. The van der Waals surface area contributed by atoms with Gasteiger partial charge in [-0.25, -0.2) is 0 Å². The van der Waals surface area contributed by atoms with E-state index in [2.05, 4.69) is 5.32 Å². The molecule has 90 valence electrons. The van der Waals surface area contributed by atoms with E-state index in [9.17, 15) is 10.1 Å². The first-order chi connectivity index (χ1) is 8.08. The first-order valence-electron chi connectivity index (χ1n) is 4.79. The summed E-state index contributed by atoms with van der Waals surface area (Å²) in [5.41, 5.74) is 0.0856. The zero-order chi connectivity index (χ0) is 12.8. The van der Waals surface area contributed by atoms with E-state index in [-0.39, 0.29) is 17.8 Å². The van der Waals surface area contributed by atoms with Crippen molar-refractivity contribution >= 4 is 11.4 Å². The monoisotopic (exact) mass is 237 g/mol. The van der Waals surface area contributed by atoms with Gasteiger partial charge in [-0.1, -0.05) is 0 Å². The van der Waals surface area contributed by atoms with Crippen molar-refractivity contribution in [3.63, 3.8) is 0 Å². The second kappa shape index (κ2) is 5.79. The fourth-order valence-corrected chi connectivity index (χ4v) is 1.19. The predicted molar refractivity (Wildman–Crippen MR) is 59.4 cm³/mol. The number of nitrogens with one attached hydrogen (secondary N) is 1. The van der Waals surface area contributed by atoms with Crippen LogP contribution in [0.4, 0.5) is 11.4 Å². The number of anilines is 1. The summed E-state index contributed by atoms with van der Waals surface area (Å²) in [7, 11) is 0. The molecule has 7 nitrogen and oxygen atoms in total. The number of nitriles is 1. The van der Waals surface area contributed by atoms with Crippen LogP contribution in [0.5, 0.6) is 0 Å². The number of benzene rings is 1. The summed E-state index contributed by atoms with van der Waals surface area (Å²) in [5.74, 6) is 0. The molecule has 0 saturated heterocycles. The highest BCUT2D eigenvalue weighted by Crippen LogP contribution is 2.22. The molecule has 0 amide bonds. The molecule has 17 heavy (non-hydrogen) atoms. The van der Waals surface area contributed by atoms with Crippen LogP contribution in [-0.4, -0.2) is 34.4 Å². The molecular formula is C10H11N3O4. The maximum Gasteiger partial charge on any atom is 0.289 e. The van der Waals surface area contributed by atoms with Gasteiger partial charge >= 0.3 is 0 Å². The van der Waals surface area contributed by atoms with Gasteiger partial charge in [0.1, 0.15) is 11.6 Å². The lowest BCUT2D eigenvalue weighted by atomic mass is 10.2. The van der Waals surface area contributed by atoms with E-state index in [1.54, 1.807) is 6.07 Å². The molecule has 0 fully saturated rings. The van der Waals surface area contributed by atoms with Crippen molar-refractivity contribution in [3.05, 3.63) is 33.9 Å². The summed E-state index contributed by atoms with van der Waals surface area (Å²) in [6.07, 6.45) is -0.940. The van der Waals surface area contributed by atoms with Gasteiger partial charge in [-0.15, -0.1) is 0 Å². The lowest BCUT2D eigenvalue weighted by Gasteiger charge is -2.10. The average Bonchev–Trinajstić information content (AvgIpc) is 2.35. The molecule has 0 aliphatic rings. The third kappa shape index (κ3) is 3.41.